The number of H-pyrrole nitrogens is 1. The maximum absolute atomic E-state index is 12.7. The van der Waals surface area contributed by atoms with Gasteiger partial charge in [-0.2, -0.15) is 0 Å². The third-order valence-corrected chi connectivity index (χ3v) is 5.62. The van der Waals surface area contributed by atoms with Gasteiger partial charge in [-0.15, -0.1) is 0 Å². The van der Waals surface area contributed by atoms with Crippen LogP contribution in [0.15, 0.2) is 41.2 Å². The summed E-state index contributed by atoms with van der Waals surface area (Å²) < 4.78 is 0. The maximum atomic E-state index is 12.7. The largest absolute Gasteiger partial charge is 0.336 e. The van der Waals surface area contributed by atoms with Crippen LogP contribution in [-0.2, 0) is 4.79 Å². The predicted octanol–water partition coefficient (Wildman–Crippen LogP) is 2.41. The van der Waals surface area contributed by atoms with E-state index in [-0.39, 0.29) is 11.5 Å². The number of nitrogens with one attached hydrogen (secondary N) is 1. The van der Waals surface area contributed by atoms with Gasteiger partial charge in [-0.1, -0.05) is 18.2 Å². The molecule has 2 aromatic rings. The number of amides is 1. The maximum Gasteiger partial charge on any atom is 0.255 e. The van der Waals surface area contributed by atoms with Crippen molar-refractivity contribution in [1.29, 1.82) is 0 Å². The number of aromatic amines is 1. The van der Waals surface area contributed by atoms with Gasteiger partial charge in [0.2, 0.25) is 5.91 Å². The standard InChI is InChI=1S/C23H32N4O2/c1-17-15-26(16-18(2)27(17)13-7-12-25(3)4)22(28)11-10-20-14-19-8-5-6-9-21(19)24-23(20)29/h5-6,8-11,14,17-18H,7,12-13,15-16H2,1-4H3,(H,24,29)/b11-10+. The number of fused-ring (bicyclic) bond motifs is 1. The van der Waals surface area contributed by atoms with Crippen molar-refractivity contribution in [2.45, 2.75) is 32.4 Å². The van der Waals surface area contributed by atoms with Gasteiger partial charge in [0.1, 0.15) is 0 Å². The Labute approximate surface area is 172 Å². The highest BCUT2D eigenvalue weighted by Gasteiger charge is 2.30. The van der Waals surface area contributed by atoms with Crippen LogP contribution in [0.5, 0.6) is 0 Å². The summed E-state index contributed by atoms with van der Waals surface area (Å²) in [6.45, 7) is 7.91. The Balaban J connectivity index is 1.64. The average molecular weight is 397 g/mol. The summed E-state index contributed by atoms with van der Waals surface area (Å²) in [4.78, 5) is 34.5. The molecular formula is C23H32N4O2. The number of pyridine rings is 1. The SMILES string of the molecule is CC1CN(C(=O)/C=C/c2cc3ccccc3[nH]c2=O)CC(C)N1CCCN(C)C. The van der Waals surface area contributed by atoms with E-state index in [0.717, 1.165) is 30.4 Å². The van der Waals surface area contributed by atoms with Gasteiger partial charge in [0.25, 0.3) is 5.56 Å². The molecule has 0 spiro atoms. The quantitative estimate of drug-likeness (QED) is 0.762. The molecule has 1 aliphatic rings. The van der Waals surface area contributed by atoms with E-state index in [1.54, 1.807) is 6.08 Å². The molecule has 1 aromatic heterocycles. The van der Waals surface area contributed by atoms with Crippen molar-refractivity contribution in [1.82, 2.24) is 19.7 Å². The first-order chi connectivity index (χ1) is 13.8. The number of hydrogen-bond acceptors (Lipinski definition) is 4. The molecule has 1 amide bonds. The summed E-state index contributed by atoms with van der Waals surface area (Å²) in [5.41, 5.74) is 1.12. The van der Waals surface area contributed by atoms with Crippen molar-refractivity contribution in [3.63, 3.8) is 0 Å². The van der Waals surface area contributed by atoms with E-state index >= 15 is 0 Å². The van der Waals surface area contributed by atoms with Crippen LogP contribution in [0.3, 0.4) is 0 Å². The zero-order valence-electron chi connectivity index (χ0n) is 17.9. The number of nitrogens with zero attached hydrogens (tertiary/aromatic N) is 3. The van der Waals surface area contributed by atoms with Crippen molar-refractivity contribution in [2.75, 3.05) is 40.3 Å². The number of piperazine rings is 1. The van der Waals surface area contributed by atoms with Gasteiger partial charge in [-0.3, -0.25) is 14.5 Å². The third kappa shape index (κ3) is 5.34. The van der Waals surface area contributed by atoms with E-state index in [1.165, 1.54) is 6.08 Å². The Morgan fingerprint density at radius 2 is 1.90 bits per heavy atom. The number of benzene rings is 1. The lowest BCUT2D eigenvalue weighted by atomic mass is 10.1. The zero-order chi connectivity index (χ0) is 21.0. The molecule has 1 saturated heterocycles. The van der Waals surface area contributed by atoms with Crippen molar-refractivity contribution < 1.29 is 4.79 Å². The van der Waals surface area contributed by atoms with E-state index in [2.05, 4.69) is 42.7 Å². The molecule has 1 aromatic carbocycles. The highest BCUT2D eigenvalue weighted by atomic mass is 16.2. The number of carbonyl (C=O) groups is 1. The smallest absolute Gasteiger partial charge is 0.255 e. The van der Waals surface area contributed by atoms with Gasteiger partial charge in [-0.05, 0) is 64.5 Å². The minimum absolute atomic E-state index is 0.0378. The van der Waals surface area contributed by atoms with Gasteiger partial charge < -0.3 is 14.8 Å². The van der Waals surface area contributed by atoms with Gasteiger partial charge in [-0.25, -0.2) is 0 Å². The van der Waals surface area contributed by atoms with E-state index in [1.807, 2.05) is 35.2 Å². The predicted molar refractivity (Wildman–Crippen MR) is 119 cm³/mol. The normalized spacial score (nSPS) is 20.8. The Bertz CT molecular complexity index is 922. The highest BCUT2D eigenvalue weighted by Crippen LogP contribution is 2.17. The fourth-order valence-corrected chi connectivity index (χ4v) is 4.10. The van der Waals surface area contributed by atoms with E-state index in [9.17, 15) is 9.59 Å². The Morgan fingerprint density at radius 3 is 2.59 bits per heavy atom. The second-order valence-electron chi connectivity index (χ2n) is 8.31. The summed E-state index contributed by atoms with van der Waals surface area (Å²) in [6.07, 6.45) is 4.28. The van der Waals surface area contributed by atoms with Crippen LogP contribution in [0.4, 0.5) is 0 Å². The summed E-state index contributed by atoms with van der Waals surface area (Å²) in [7, 11) is 4.19. The summed E-state index contributed by atoms with van der Waals surface area (Å²) in [5, 5.41) is 0.952. The highest BCUT2D eigenvalue weighted by molar-refractivity contribution is 5.92. The molecule has 0 radical (unpaired) electrons. The molecule has 156 valence electrons. The van der Waals surface area contributed by atoms with Gasteiger partial charge in [0.15, 0.2) is 0 Å². The molecule has 3 rings (SSSR count). The lowest BCUT2D eigenvalue weighted by Gasteiger charge is -2.44. The number of rotatable bonds is 6. The minimum Gasteiger partial charge on any atom is -0.336 e. The molecule has 6 heteroatoms. The molecule has 2 unspecified atom stereocenters. The molecule has 2 heterocycles. The van der Waals surface area contributed by atoms with Gasteiger partial charge in [0.05, 0.1) is 0 Å². The molecule has 2 atom stereocenters. The van der Waals surface area contributed by atoms with Crippen molar-refractivity contribution in [3.05, 3.63) is 52.3 Å². The summed E-state index contributed by atoms with van der Waals surface area (Å²) in [5.74, 6) is -0.0378. The van der Waals surface area contributed by atoms with Crippen molar-refractivity contribution in [2.24, 2.45) is 0 Å². The van der Waals surface area contributed by atoms with Crippen LogP contribution in [0.1, 0.15) is 25.8 Å². The minimum atomic E-state index is -0.180. The van der Waals surface area contributed by atoms with Crippen LogP contribution in [0, 0.1) is 0 Å². The molecule has 0 saturated carbocycles. The van der Waals surface area contributed by atoms with E-state index in [0.29, 0.717) is 30.7 Å². The molecule has 0 bridgehead atoms. The number of carbonyl (C=O) groups excluding carboxylic acids is 1. The Kier molecular flexibility index (Phi) is 6.87. The van der Waals surface area contributed by atoms with Gasteiger partial charge in [0, 0.05) is 48.9 Å². The number of aromatic nitrogens is 1. The molecule has 1 N–H and O–H groups in total. The first-order valence-corrected chi connectivity index (χ1v) is 10.3. The average Bonchev–Trinajstić information content (AvgIpc) is 2.67. The van der Waals surface area contributed by atoms with Crippen molar-refractivity contribution in [3.8, 4) is 0 Å². The van der Waals surface area contributed by atoms with Crippen LogP contribution >= 0.6 is 0 Å². The molecular weight excluding hydrogens is 364 g/mol. The summed E-state index contributed by atoms with van der Waals surface area (Å²) in [6, 6.07) is 10.1. The molecule has 1 aliphatic heterocycles. The van der Waals surface area contributed by atoms with E-state index < -0.39 is 0 Å². The van der Waals surface area contributed by atoms with Crippen LogP contribution in [-0.4, -0.2) is 77.9 Å². The first-order valence-electron chi connectivity index (χ1n) is 10.3. The lowest BCUT2D eigenvalue weighted by molar-refractivity contribution is -0.130. The van der Waals surface area contributed by atoms with Crippen LogP contribution in [0.25, 0.3) is 17.0 Å². The van der Waals surface area contributed by atoms with E-state index in [4.69, 9.17) is 0 Å². The molecule has 6 nitrogen and oxygen atoms in total. The summed E-state index contributed by atoms with van der Waals surface area (Å²) >= 11 is 0. The number of hydrogen-bond donors (Lipinski definition) is 1. The fourth-order valence-electron chi connectivity index (χ4n) is 4.10. The second kappa shape index (κ2) is 9.37. The van der Waals surface area contributed by atoms with Crippen LogP contribution < -0.4 is 5.56 Å². The fraction of sp³-hybridized carbons (Fsp3) is 0.478. The monoisotopic (exact) mass is 396 g/mol. The Hall–Kier alpha value is -2.44. The topological polar surface area (TPSA) is 59.7 Å². The molecule has 0 aliphatic carbocycles. The molecule has 29 heavy (non-hydrogen) atoms. The Morgan fingerprint density at radius 1 is 1.21 bits per heavy atom. The first kappa shape index (κ1) is 21.3. The molecule has 1 fully saturated rings. The number of para-hydroxylation sites is 1. The zero-order valence-corrected chi connectivity index (χ0v) is 17.9. The second-order valence-corrected chi connectivity index (χ2v) is 8.31. The van der Waals surface area contributed by atoms with Gasteiger partial charge >= 0.3 is 0 Å². The van der Waals surface area contributed by atoms with Crippen molar-refractivity contribution >= 4 is 22.9 Å². The van der Waals surface area contributed by atoms with Crippen LogP contribution in [0.2, 0.25) is 0 Å². The third-order valence-electron chi connectivity index (χ3n) is 5.62. The lowest BCUT2D eigenvalue weighted by Crippen LogP contribution is -2.58.